The van der Waals surface area contributed by atoms with Crippen LogP contribution in [0.4, 0.5) is 0 Å². The minimum absolute atomic E-state index is 0.190. The predicted octanol–water partition coefficient (Wildman–Crippen LogP) is 3.47. The van der Waals surface area contributed by atoms with Crippen LogP contribution in [-0.4, -0.2) is 6.04 Å². The van der Waals surface area contributed by atoms with Crippen molar-refractivity contribution >= 4 is 0 Å². The standard InChI is InChI=1S/C14H21N/c1-4-13(14(15)10-11(2)3)12-8-6-5-7-9-12/h5-9,13-14H,2,4,10,15H2,1,3H3. The molecule has 2 atom stereocenters. The minimum Gasteiger partial charge on any atom is -0.327 e. The normalized spacial score (nSPS) is 14.6. The van der Waals surface area contributed by atoms with Crippen molar-refractivity contribution in [1.82, 2.24) is 0 Å². The second-order valence-corrected chi connectivity index (χ2v) is 4.25. The van der Waals surface area contributed by atoms with Gasteiger partial charge in [0, 0.05) is 6.04 Å². The lowest BCUT2D eigenvalue weighted by Crippen LogP contribution is -2.28. The van der Waals surface area contributed by atoms with E-state index < -0.39 is 0 Å². The second kappa shape index (κ2) is 5.72. The molecule has 1 heteroatoms. The van der Waals surface area contributed by atoms with Crippen molar-refractivity contribution in [3.05, 3.63) is 48.0 Å². The monoisotopic (exact) mass is 203 g/mol. The maximum atomic E-state index is 6.20. The van der Waals surface area contributed by atoms with E-state index in [0.29, 0.717) is 5.92 Å². The molecule has 2 unspecified atom stereocenters. The maximum absolute atomic E-state index is 6.20. The summed E-state index contributed by atoms with van der Waals surface area (Å²) in [6.07, 6.45) is 1.99. The molecule has 0 heterocycles. The summed E-state index contributed by atoms with van der Waals surface area (Å²) in [4.78, 5) is 0. The van der Waals surface area contributed by atoms with Crippen LogP contribution in [0.5, 0.6) is 0 Å². The molecule has 0 aliphatic heterocycles. The van der Waals surface area contributed by atoms with Gasteiger partial charge in [-0.2, -0.15) is 0 Å². The minimum atomic E-state index is 0.190. The first-order valence-corrected chi connectivity index (χ1v) is 5.60. The van der Waals surface area contributed by atoms with Gasteiger partial charge in [-0.3, -0.25) is 0 Å². The molecule has 0 aromatic heterocycles. The Balaban J connectivity index is 2.75. The Morgan fingerprint density at radius 1 is 1.33 bits per heavy atom. The Labute approximate surface area is 93.0 Å². The average molecular weight is 203 g/mol. The molecule has 0 spiro atoms. The quantitative estimate of drug-likeness (QED) is 0.728. The summed E-state index contributed by atoms with van der Waals surface area (Å²) in [6.45, 7) is 8.16. The third-order valence-electron chi connectivity index (χ3n) is 2.77. The van der Waals surface area contributed by atoms with Gasteiger partial charge in [-0.1, -0.05) is 42.8 Å². The molecule has 15 heavy (non-hydrogen) atoms. The lowest BCUT2D eigenvalue weighted by Gasteiger charge is -2.23. The van der Waals surface area contributed by atoms with Crippen LogP contribution >= 0.6 is 0 Å². The van der Waals surface area contributed by atoms with Gasteiger partial charge in [0.1, 0.15) is 0 Å². The molecular formula is C14H21N. The van der Waals surface area contributed by atoms with Crippen LogP contribution in [0.2, 0.25) is 0 Å². The third kappa shape index (κ3) is 3.52. The van der Waals surface area contributed by atoms with E-state index >= 15 is 0 Å². The first kappa shape index (κ1) is 12.0. The zero-order valence-corrected chi connectivity index (χ0v) is 9.74. The van der Waals surface area contributed by atoms with Crippen molar-refractivity contribution in [2.75, 3.05) is 0 Å². The van der Waals surface area contributed by atoms with Crippen molar-refractivity contribution in [1.29, 1.82) is 0 Å². The Morgan fingerprint density at radius 3 is 2.40 bits per heavy atom. The summed E-state index contributed by atoms with van der Waals surface area (Å²) in [5.74, 6) is 0.447. The molecule has 0 radical (unpaired) electrons. The molecule has 1 nitrogen and oxygen atoms in total. The molecular weight excluding hydrogens is 182 g/mol. The number of hydrogen-bond donors (Lipinski definition) is 1. The van der Waals surface area contributed by atoms with E-state index in [1.807, 2.05) is 13.0 Å². The highest BCUT2D eigenvalue weighted by molar-refractivity contribution is 5.21. The fourth-order valence-corrected chi connectivity index (χ4v) is 2.03. The van der Waals surface area contributed by atoms with Crippen molar-refractivity contribution in [3.63, 3.8) is 0 Å². The van der Waals surface area contributed by atoms with E-state index in [2.05, 4.69) is 37.8 Å². The molecule has 0 aliphatic carbocycles. The van der Waals surface area contributed by atoms with Crippen LogP contribution in [0.15, 0.2) is 42.5 Å². The lowest BCUT2D eigenvalue weighted by atomic mass is 9.87. The number of benzene rings is 1. The van der Waals surface area contributed by atoms with Gasteiger partial charge in [-0.15, -0.1) is 6.58 Å². The molecule has 0 amide bonds. The molecule has 0 saturated heterocycles. The first-order chi connectivity index (χ1) is 7.15. The van der Waals surface area contributed by atoms with Crippen LogP contribution < -0.4 is 5.73 Å². The van der Waals surface area contributed by atoms with E-state index in [4.69, 9.17) is 5.73 Å². The van der Waals surface area contributed by atoms with Gasteiger partial charge in [-0.05, 0) is 31.2 Å². The van der Waals surface area contributed by atoms with Crippen LogP contribution in [0.3, 0.4) is 0 Å². The SMILES string of the molecule is C=C(C)CC(N)C(CC)c1ccccc1. The summed E-state index contributed by atoms with van der Waals surface area (Å²) < 4.78 is 0. The van der Waals surface area contributed by atoms with Crippen LogP contribution in [0.1, 0.15) is 38.2 Å². The Bertz CT molecular complexity index is 302. The van der Waals surface area contributed by atoms with E-state index in [1.165, 1.54) is 5.56 Å². The summed E-state index contributed by atoms with van der Waals surface area (Å²) in [7, 11) is 0. The van der Waals surface area contributed by atoms with Crippen molar-refractivity contribution in [2.45, 2.75) is 38.6 Å². The Kier molecular flexibility index (Phi) is 4.57. The summed E-state index contributed by atoms with van der Waals surface area (Å²) in [6, 6.07) is 10.7. The van der Waals surface area contributed by atoms with Crippen molar-refractivity contribution in [2.24, 2.45) is 5.73 Å². The number of rotatable bonds is 5. The molecule has 0 bridgehead atoms. The molecule has 1 aromatic carbocycles. The van der Waals surface area contributed by atoms with Gasteiger partial charge >= 0.3 is 0 Å². The van der Waals surface area contributed by atoms with Crippen LogP contribution in [-0.2, 0) is 0 Å². The highest BCUT2D eigenvalue weighted by Crippen LogP contribution is 2.24. The average Bonchev–Trinajstić information content (AvgIpc) is 2.19. The van der Waals surface area contributed by atoms with Crippen LogP contribution in [0, 0.1) is 0 Å². The third-order valence-corrected chi connectivity index (χ3v) is 2.77. The molecule has 0 saturated carbocycles. The number of nitrogens with two attached hydrogens (primary N) is 1. The largest absolute Gasteiger partial charge is 0.327 e. The highest BCUT2D eigenvalue weighted by Gasteiger charge is 2.17. The Morgan fingerprint density at radius 2 is 1.93 bits per heavy atom. The fraction of sp³-hybridized carbons (Fsp3) is 0.429. The summed E-state index contributed by atoms with van der Waals surface area (Å²) in [5.41, 5.74) is 8.71. The topological polar surface area (TPSA) is 26.0 Å². The highest BCUT2D eigenvalue weighted by atomic mass is 14.6. The zero-order valence-electron chi connectivity index (χ0n) is 9.74. The molecule has 1 aromatic rings. The van der Waals surface area contributed by atoms with Crippen molar-refractivity contribution < 1.29 is 0 Å². The van der Waals surface area contributed by atoms with Crippen molar-refractivity contribution in [3.8, 4) is 0 Å². The summed E-state index contributed by atoms with van der Waals surface area (Å²) in [5, 5.41) is 0. The van der Waals surface area contributed by atoms with Gasteiger partial charge in [-0.25, -0.2) is 0 Å². The molecule has 0 fully saturated rings. The van der Waals surface area contributed by atoms with Gasteiger partial charge in [0.15, 0.2) is 0 Å². The lowest BCUT2D eigenvalue weighted by molar-refractivity contribution is 0.514. The molecule has 2 N–H and O–H groups in total. The predicted molar refractivity (Wildman–Crippen MR) is 66.9 cm³/mol. The fourth-order valence-electron chi connectivity index (χ4n) is 2.03. The van der Waals surface area contributed by atoms with E-state index in [9.17, 15) is 0 Å². The van der Waals surface area contributed by atoms with E-state index in [1.54, 1.807) is 0 Å². The zero-order chi connectivity index (χ0) is 11.3. The molecule has 0 aliphatic rings. The van der Waals surface area contributed by atoms with E-state index in [-0.39, 0.29) is 6.04 Å². The van der Waals surface area contributed by atoms with Gasteiger partial charge in [0.05, 0.1) is 0 Å². The molecule has 82 valence electrons. The number of hydrogen-bond acceptors (Lipinski definition) is 1. The van der Waals surface area contributed by atoms with Gasteiger partial charge in [0.2, 0.25) is 0 Å². The van der Waals surface area contributed by atoms with E-state index in [0.717, 1.165) is 18.4 Å². The van der Waals surface area contributed by atoms with Gasteiger partial charge < -0.3 is 5.73 Å². The Hall–Kier alpha value is -1.08. The van der Waals surface area contributed by atoms with Crippen LogP contribution in [0.25, 0.3) is 0 Å². The first-order valence-electron chi connectivity index (χ1n) is 5.60. The summed E-state index contributed by atoms with van der Waals surface area (Å²) >= 11 is 0. The molecule has 1 rings (SSSR count). The maximum Gasteiger partial charge on any atom is 0.0145 e. The van der Waals surface area contributed by atoms with Gasteiger partial charge in [0.25, 0.3) is 0 Å². The smallest absolute Gasteiger partial charge is 0.0145 e. The second-order valence-electron chi connectivity index (χ2n) is 4.25.